The molecule has 0 atom stereocenters. The second-order valence-corrected chi connectivity index (χ2v) is 12.5. The highest BCUT2D eigenvalue weighted by Crippen LogP contribution is 2.39. The summed E-state index contributed by atoms with van der Waals surface area (Å²) in [5.74, 6) is 0.700. The first-order chi connectivity index (χ1) is 24.8. The Morgan fingerprint density at radius 1 is 0.400 bits per heavy atom. The van der Waals surface area contributed by atoms with Crippen molar-refractivity contribution in [3.8, 4) is 45.1 Å². The van der Waals surface area contributed by atoms with Gasteiger partial charge in [0, 0.05) is 44.6 Å². The fourth-order valence-electron chi connectivity index (χ4n) is 7.35. The highest BCUT2D eigenvalue weighted by Gasteiger charge is 2.20. The molecule has 0 aliphatic heterocycles. The van der Waals surface area contributed by atoms with Crippen LogP contribution in [0.5, 0.6) is 0 Å². The second-order valence-electron chi connectivity index (χ2n) is 12.5. The summed E-state index contributed by atoms with van der Waals surface area (Å²) in [5, 5.41) is 4.69. The number of nitrogens with zero attached hydrogens (tertiary/aromatic N) is 5. The molecule has 0 saturated carbocycles. The molecule has 0 radical (unpaired) electrons. The number of hydrogen-bond donors (Lipinski definition) is 0. The smallest absolute Gasteiger partial charge is 0.159 e. The van der Waals surface area contributed by atoms with Gasteiger partial charge in [0.1, 0.15) is 5.65 Å². The van der Waals surface area contributed by atoms with Crippen molar-refractivity contribution in [2.24, 2.45) is 0 Å². The molecular formula is C45H29N5. The number of benzene rings is 6. The third-order valence-corrected chi connectivity index (χ3v) is 9.64. The predicted octanol–water partition coefficient (Wildman–Crippen LogP) is 11.1. The minimum Gasteiger partial charge on any atom is -0.306 e. The van der Waals surface area contributed by atoms with Gasteiger partial charge in [-0.05, 0) is 53.6 Å². The quantitative estimate of drug-likeness (QED) is 0.188. The molecule has 50 heavy (non-hydrogen) atoms. The van der Waals surface area contributed by atoms with Gasteiger partial charge in [0.25, 0.3) is 0 Å². The van der Waals surface area contributed by atoms with E-state index in [1.807, 2.05) is 48.8 Å². The Morgan fingerprint density at radius 3 is 1.72 bits per heavy atom. The largest absolute Gasteiger partial charge is 0.306 e. The van der Waals surface area contributed by atoms with E-state index in [4.69, 9.17) is 15.0 Å². The van der Waals surface area contributed by atoms with E-state index in [2.05, 4.69) is 137 Å². The number of para-hydroxylation sites is 2. The van der Waals surface area contributed by atoms with Gasteiger partial charge in [-0.2, -0.15) is 0 Å². The fourth-order valence-corrected chi connectivity index (χ4v) is 7.35. The summed E-state index contributed by atoms with van der Waals surface area (Å²) >= 11 is 0. The van der Waals surface area contributed by atoms with Gasteiger partial charge in [-0.15, -0.1) is 0 Å². The molecule has 0 aliphatic carbocycles. The summed E-state index contributed by atoms with van der Waals surface area (Å²) < 4.78 is 4.59. The summed E-state index contributed by atoms with van der Waals surface area (Å²) in [6.07, 6.45) is 3.85. The third kappa shape index (κ3) is 4.45. The SMILES string of the molecule is c1ccc(-c2ncc(-n3c4ccccc4c4ccc(-c5ccc6c7cccnc7n(-c7ccccc7)c6c5)cc43)c(-c3ccccc3)n2)cc1. The topological polar surface area (TPSA) is 48.5 Å². The van der Waals surface area contributed by atoms with Crippen LogP contribution in [0.25, 0.3) is 88.9 Å². The number of hydrogen-bond acceptors (Lipinski definition) is 3. The molecule has 0 spiro atoms. The molecule has 0 bridgehead atoms. The zero-order valence-corrected chi connectivity index (χ0v) is 27.0. The van der Waals surface area contributed by atoms with Gasteiger partial charge in [-0.25, -0.2) is 15.0 Å². The molecule has 10 rings (SSSR count). The number of aromatic nitrogens is 5. The highest BCUT2D eigenvalue weighted by atomic mass is 15.0. The van der Waals surface area contributed by atoms with Crippen molar-refractivity contribution in [3.63, 3.8) is 0 Å². The van der Waals surface area contributed by atoms with Crippen LogP contribution in [-0.2, 0) is 0 Å². The van der Waals surface area contributed by atoms with Crippen LogP contribution < -0.4 is 0 Å². The van der Waals surface area contributed by atoms with Crippen molar-refractivity contribution < 1.29 is 0 Å². The molecular weight excluding hydrogens is 611 g/mol. The van der Waals surface area contributed by atoms with Crippen LogP contribution in [0, 0.1) is 0 Å². The zero-order valence-electron chi connectivity index (χ0n) is 27.0. The Hall–Kier alpha value is -6.85. The van der Waals surface area contributed by atoms with Gasteiger partial charge in [-0.3, -0.25) is 4.57 Å². The standard InChI is InChI=1S/C45H29N5/c1-4-13-30(14-5-1)43-42(29-47-44(48-43)31-15-6-2-7-16-31)50-39-21-11-10-19-35(39)36-24-22-33(28-41(36)50)32-23-25-37-38-20-12-26-46-45(38)49(40(37)27-32)34-17-8-3-9-18-34/h1-29H. The molecule has 4 aromatic heterocycles. The molecule has 5 nitrogen and oxygen atoms in total. The molecule has 0 saturated heterocycles. The first-order valence-corrected chi connectivity index (χ1v) is 16.8. The zero-order chi connectivity index (χ0) is 33.0. The van der Waals surface area contributed by atoms with Crippen molar-refractivity contribution in [1.29, 1.82) is 0 Å². The average molecular weight is 640 g/mol. The minimum atomic E-state index is 0.700. The Bertz CT molecular complexity index is 2850. The molecule has 0 amide bonds. The van der Waals surface area contributed by atoms with Crippen molar-refractivity contribution in [2.75, 3.05) is 0 Å². The lowest BCUT2D eigenvalue weighted by Crippen LogP contribution is -2.02. The molecule has 4 heterocycles. The molecule has 6 aromatic carbocycles. The van der Waals surface area contributed by atoms with Crippen LogP contribution in [0.2, 0.25) is 0 Å². The van der Waals surface area contributed by atoms with E-state index < -0.39 is 0 Å². The van der Waals surface area contributed by atoms with E-state index in [1.54, 1.807) is 0 Å². The van der Waals surface area contributed by atoms with Gasteiger partial charge in [0.05, 0.1) is 34.1 Å². The maximum absolute atomic E-state index is 5.22. The third-order valence-electron chi connectivity index (χ3n) is 9.64. The fraction of sp³-hybridized carbons (Fsp3) is 0. The number of rotatable bonds is 5. The van der Waals surface area contributed by atoms with Gasteiger partial charge in [-0.1, -0.05) is 121 Å². The van der Waals surface area contributed by atoms with Crippen molar-refractivity contribution in [1.82, 2.24) is 24.1 Å². The first-order valence-electron chi connectivity index (χ1n) is 16.8. The molecule has 0 unspecified atom stereocenters. The lowest BCUT2D eigenvalue weighted by Gasteiger charge is -2.15. The number of pyridine rings is 1. The van der Waals surface area contributed by atoms with Crippen LogP contribution in [0.3, 0.4) is 0 Å². The van der Waals surface area contributed by atoms with Crippen molar-refractivity contribution >= 4 is 43.7 Å². The Labute approximate surface area is 288 Å². The minimum absolute atomic E-state index is 0.700. The summed E-state index contributed by atoms with van der Waals surface area (Å²) in [7, 11) is 0. The van der Waals surface area contributed by atoms with E-state index in [-0.39, 0.29) is 0 Å². The van der Waals surface area contributed by atoms with Gasteiger partial charge in [0.2, 0.25) is 0 Å². The summed E-state index contributed by atoms with van der Waals surface area (Å²) in [4.78, 5) is 15.0. The average Bonchev–Trinajstić information content (AvgIpc) is 3.71. The highest BCUT2D eigenvalue weighted by molar-refractivity contribution is 6.12. The molecule has 0 N–H and O–H groups in total. The van der Waals surface area contributed by atoms with E-state index >= 15 is 0 Å². The Kier molecular flexibility index (Phi) is 6.42. The molecule has 0 aliphatic rings. The Balaban J connectivity index is 1.22. The van der Waals surface area contributed by atoms with Crippen molar-refractivity contribution in [3.05, 3.63) is 176 Å². The normalized spacial score (nSPS) is 11.6. The summed E-state index contributed by atoms with van der Waals surface area (Å²) in [6.45, 7) is 0. The van der Waals surface area contributed by atoms with E-state index in [9.17, 15) is 0 Å². The second kappa shape index (κ2) is 11.4. The first kappa shape index (κ1) is 28.2. The van der Waals surface area contributed by atoms with Crippen LogP contribution >= 0.6 is 0 Å². The van der Waals surface area contributed by atoms with Gasteiger partial charge < -0.3 is 4.57 Å². The van der Waals surface area contributed by atoms with Gasteiger partial charge >= 0.3 is 0 Å². The van der Waals surface area contributed by atoms with Crippen LogP contribution in [0.1, 0.15) is 0 Å². The summed E-state index contributed by atoms with van der Waals surface area (Å²) in [5.41, 5.74) is 11.5. The molecule has 10 aromatic rings. The van der Waals surface area contributed by atoms with Crippen LogP contribution in [0.4, 0.5) is 0 Å². The van der Waals surface area contributed by atoms with E-state index in [0.29, 0.717) is 5.82 Å². The lowest BCUT2D eigenvalue weighted by molar-refractivity contribution is 1.09. The predicted molar refractivity (Wildman–Crippen MR) is 205 cm³/mol. The lowest BCUT2D eigenvalue weighted by atomic mass is 10.0. The van der Waals surface area contributed by atoms with Crippen LogP contribution in [0.15, 0.2) is 176 Å². The number of fused-ring (bicyclic) bond motifs is 6. The summed E-state index contributed by atoms with van der Waals surface area (Å²) in [6, 6.07) is 57.4. The monoisotopic (exact) mass is 639 g/mol. The maximum atomic E-state index is 5.22. The molecule has 5 heteroatoms. The van der Waals surface area contributed by atoms with Gasteiger partial charge in [0.15, 0.2) is 5.82 Å². The molecule has 0 fully saturated rings. The maximum Gasteiger partial charge on any atom is 0.159 e. The Morgan fingerprint density at radius 2 is 0.980 bits per heavy atom. The van der Waals surface area contributed by atoms with E-state index in [1.165, 1.54) is 16.2 Å². The van der Waals surface area contributed by atoms with Crippen molar-refractivity contribution in [2.45, 2.75) is 0 Å². The molecule has 234 valence electrons. The van der Waals surface area contributed by atoms with E-state index in [0.717, 1.165) is 66.9 Å². The van der Waals surface area contributed by atoms with Crippen LogP contribution in [-0.4, -0.2) is 24.1 Å².